The molecule has 0 atom stereocenters. The summed E-state index contributed by atoms with van der Waals surface area (Å²) in [4.78, 5) is 20.8. The van der Waals surface area contributed by atoms with Gasteiger partial charge in [-0.05, 0) is 29.6 Å². The number of thiophene rings is 1. The molecule has 1 aliphatic heterocycles. The number of nitrogens with zero attached hydrogens (tertiary/aromatic N) is 3. The van der Waals surface area contributed by atoms with E-state index in [4.69, 9.17) is 4.42 Å². The second-order valence-electron chi connectivity index (χ2n) is 5.63. The van der Waals surface area contributed by atoms with Crippen molar-refractivity contribution < 1.29 is 9.21 Å². The van der Waals surface area contributed by atoms with Gasteiger partial charge in [-0.15, -0.1) is 35.3 Å². The number of furan rings is 1. The van der Waals surface area contributed by atoms with Gasteiger partial charge in [-0.2, -0.15) is 0 Å². The number of aliphatic imine (C=N–C) groups is 1. The molecule has 2 aromatic rings. The quantitative estimate of drug-likeness (QED) is 0.291. The lowest BCUT2D eigenvalue weighted by Crippen LogP contribution is -2.53. The standard InChI is InChI=1S/C17H23N5O2S.HI/c1-18-17(20-7-6-19-16(23)14-4-2-12-24-14)22-10-8-21(9-11-22)15-5-3-13-25-15;/h2-5,12-13H,6-11H2,1H3,(H,18,20)(H,19,23);1H. The Balaban J connectivity index is 0.00000243. The lowest BCUT2D eigenvalue weighted by molar-refractivity contribution is 0.0926. The zero-order valence-corrected chi connectivity index (χ0v) is 17.8. The largest absolute Gasteiger partial charge is 0.459 e. The number of anilines is 1. The maximum absolute atomic E-state index is 11.8. The predicted molar refractivity (Wildman–Crippen MR) is 116 cm³/mol. The Bertz CT molecular complexity index is 682. The highest BCUT2D eigenvalue weighted by atomic mass is 127. The van der Waals surface area contributed by atoms with Gasteiger partial charge in [0.05, 0.1) is 11.3 Å². The van der Waals surface area contributed by atoms with Crippen molar-refractivity contribution in [2.45, 2.75) is 0 Å². The van der Waals surface area contributed by atoms with Crippen LogP contribution in [0, 0.1) is 0 Å². The van der Waals surface area contributed by atoms with Crippen molar-refractivity contribution in [1.82, 2.24) is 15.5 Å². The minimum Gasteiger partial charge on any atom is -0.459 e. The van der Waals surface area contributed by atoms with Gasteiger partial charge < -0.3 is 24.9 Å². The summed E-state index contributed by atoms with van der Waals surface area (Å²) in [5, 5.41) is 9.55. The average Bonchev–Trinajstić information content (AvgIpc) is 3.35. The van der Waals surface area contributed by atoms with Crippen LogP contribution in [-0.4, -0.2) is 63.1 Å². The van der Waals surface area contributed by atoms with Crippen LogP contribution >= 0.6 is 35.3 Å². The van der Waals surface area contributed by atoms with E-state index in [1.54, 1.807) is 30.5 Å². The molecule has 0 radical (unpaired) electrons. The van der Waals surface area contributed by atoms with Gasteiger partial charge >= 0.3 is 0 Å². The fourth-order valence-electron chi connectivity index (χ4n) is 2.77. The summed E-state index contributed by atoms with van der Waals surface area (Å²) < 4.78 is 5.06. The first-order valence-electron chi connectivity index (χ1n) is 8.33. The number of nitrogens with one attached hydrogen (secondary N) is 2. The van der Waals surface area contributed by atoms with E-state index in [1.807, 2.05) is 0 Å². The molecule has 1 amide bonds. The molecule has 1 aliphatic rings. The van der Waals surface area contributed by atoms with Crippen LogP contribution in [0.3, 0.4) is 0 Å². The summed E-state index contributed by atoms with van der Waals surface area (Å²) >= 11 is 1.78. The number of rotatable bonds is 5. The Labute approximate surface area is 174 Å². The van der Waals surface area contributed by atoms with Crippen molar-refractivity contribution in [3.63, 3.8) is 0 Å². The molecule has 3 heterocycles. The van der Waals surface area contributed by atoms with Crippen LogP contribution in [0.25, 0.3) is 0 Å². The van der Waals surface area contributed by atoms with Crippen molar-refractivity contribution in [2.75, 3.05) is 51.2 Å². The highest BCUT2D eigenvalue weighted by Gasteiger charge is 2.20. The van der Waals surface area contributed by atoms with Crippen LogP contribution in [0.4, 0.5) is 5.00 Å². The number of carbonyl (C=O) groups is 1. The molecule has 0 unspecified atom stereocenters. The van der Waals surface area contributed by atoms with E-state index in [-0.39, 0.29) is 29.9 Å². The van der Waals surface area contributed by atoms with Gasteiger partial charge in [-0.1, -0.05) is 0 Å². The lowest BCUT2D eigenvalue weighted by atomic mass is 10.3. The normalized spacial score (nSPS) is 14.7. The van der Waals surface area contributed by atoms with Crippen molar-refractivity contribution in [1.29, 1.82) is 0 Å². The van der Waals surface area contributed by atoms with Crippen LogP contribution in [0.5, 0.6) is 0 Å². The monoisotopic (exact) mass is 489 g/mol. The Morgan fingerprint density at radius 1 is 1.19 bits per heavy atom. The van der Waals surface area contributed by atoms with Gasteiger partial charge in [0.25, 0.3) is 5.91 Å². The predicted octanol–water partition coefficient (Wildman–Crippen LogP) is 2.09. The van der Waals surface area contributed by atoms with Crippen LogP contribution in [-0.2, 0) is 0 Å². The van der Waals surface area contributed by atoms with Crippen molar-refractivity contribution in [2.24, 2.45) is 4.99 Å². The third-order valence-electron chi connectivity index (χ3n) is 4.05. The Kier molecular flexibility index (Phi) is 8.23. The van der Waals surface area contributed by atoms with Crippen molar-refractivity contribution in [3.05, 3.63) is 41.7 Å². The number of hydrogen-bond donors (Lipinski definition) is 2. The van der Waals surface area contributed by atoms with Crippen molar-refractivity contribution in [3.8, 4) is 0 Å². The molecule has 2 aromatic heterocycles. The lowest BCUT2D eigenvalue weighted by Gasteiger charge is -2.37. The van der Waals surface area contributed by atoms with Crippen LogP contribution in [0.15, 0.2) is 45.3 Å². The van der Waals surface area contributed by atoms with Gasteiger partial charge in [0.1, 0.15) is 0 Å². The highest BCUT2D eigenvalue weighted by molar-refractivity contribution is 14.0. The molecule has 0 bridgehead atoms. The third kappa shape index (κ3) is 5.37. The molecule has 0 spiro atoms. The number of halogens is 1. The SMILES string of the molecule is CN=C(NCCNC(=O)c1ccco1)N1CCN(c2cccs2)CC1.I. The van der Waals surface area contributed by atoms with Crippen LogP contribution < -0.4 is 15.5 Å². The molecule has 1 saturated heterocycles. The minimum atomic E-state index is -0.202. The van der Waals surface area contributed by atoms with Gasteiger partial charge in [0.15, 0.2) is 11.7 Å². The number of carbonyl (C=O) groups excluding carboxylic acids is 1. The zero-order chi connectivity index (χ0) is 17.5. The maximum atomic E-state index is 11.8. The molecule has 142 valence electrons. The number of piperazine rings is 1. The molecule has 0 aliphatic carbocycles. The van der Waals surface area contributed by atoms with Gasteiger partial charge in [-0.25, -0.2) is 0 Å². The fourth-order valence-corrected chi connectivity index (χ4v) is 3.55. The van der Waals surface area contributed by atoms with E-state index in [0.717, 1.165) is 32.1 Å². The van der Waals surface area contributed by atoms with Gasteiger partial charge in [0, 0.05) is 46.3 Å². The zero-order valence-electron chi connectivity index (χ0n) is 14.7. The first kappa shape index (κ1) is 20.6. The summed E-state index contributed by atoms with van der Waals surface area (Å²) in [7, 11) is 1.79. The summed E-state index contributed by atoms with van der Waals surface area (Å²) in [5.41, 5.74) is 0. The van der Waals surface area contributed by atoms with Crippen LogP contribution in [0.1, 0.15) is 10.6 Å². The minimum absolute atomic E-state index is 0. The summed E-state index contributed by atoms with van der Waals surface area (Å²) in [6.45, 7) is 4.94. The van der Waals surface area contributed by atoms with E-state index in [0.29, 0.717) is 18.8 Å². The number of hydrogen-bond acceptors (Lipinski definition) is 5. The Morgan fingerprint density at radius 3 is 2.58 bits per heavy atom. The molecular formula is C17H24IN5O2S. The molecule has 0 saturated carbocycles. The molecule has 0 aromatic carbocycles. The molecule has 7 nitrogen and oxygen atoms in total. The molecular weight excluding hydrogens is 465 g/mol. The molecule has 26 heavy (non-hydrogen) atoms. The maximum Gasteiger partial charge on any atom is 0.287 e. The summed E-state index contributed by atoms with van der Waals surface area (Å²) in [6, 6.07) is 7.60. The number of amides is 1. The first-order chi connectivity index (χ1) is 12.3. The summed E-state index contributed by atoms with van der Waals surface area (Å²) in [6.07, 6.45) is 1.49. The molecule has 2 N–H and O–H groups in total. The highest BCUT2D eigenvalue weighted by Crippen LogP contribution is 2.22. The van der Waals surface area contributed by atoms with E-state index in [1.165, 1.54) is 11.3 Å². The second kappa shape index (κ2) is 10.4. The molecule has 3 rings (SSSR count). The molecule has 9 heteroatoms. The number of guanidine groups is 1. The van der Waals surface area contributed by atoms with Gasteiger partial charge in [0.2, 0.25) is 0 Å². The fraction of sp³-hybridized carbons (Fsp3) is 0.412. The summed E-state index contributed by atoms with van der Waals surface area (Å²) in [5.74, 6) is 0.999. The Morgan fingerprint density at radius 2 is 1.96 bits per heavy atom. The van der Waals surface area contributed by atoms with Gasteiger partial charge in [-0.3, -0.25) is 9.79 Å². The first-order valence-corrected chi connectivity index (χ1v) is 9.21. The average molecular weight is 489 g/mol. The van der Waals surface area contributed by atoms with E-state index < -0.39 is 0 Å². The third-order valence-corrected chi connectivity index (χ3v) is 4.98. The molecule has 1 fully saturated rings. The van der Waals surface area contributed by atoms with Crippen molar-refractivity contribution >= 4 is 52.2 Å². The smallest absolute Gasteiger partial charge is 0.287 e. The van der Waals surface area contributed by atoms with E-state index >= 15 is 0 Å². The topological polar surface area (TPSA) is 73.1 Å². The van der Waals surface area contributed by atoms with Crippen LogP contribution in [0.2, 0.25) is 0 Å². The Hall–Kier alpha value is -1.75. The van der Waals surface area contributed by atoms with E-state index in [9.17, 15) is 4.79 Å². The second-order valence-corrected chi connectivity index (χ2v) is 6.56. The van der Waals surface area contributed by atoms with E-state index in [2.05, 4.69) is 42.9 Å².